The number of aromatic nitrogens is 1. The maximum absolute atomic E-state index is 13.1. The number of para-hydroxylation sites is 1. The number of aromatic amines is 1. The fourth-order valence-corrected chi connectivity index (χ4v) is 6.38. The molecule has 2 aromatic rings. The van der Waals surface area contributed by atoms with E-state index in [-0.39, 0.29) is 41.5 Å². The Morgan fingerprint density at radius 2 is 2.14 bits per heavy atom. The van der Waals surface area contributed by atoms with E-state index in [2.05, 4.69) is 4.98 Å². The Labute approximate surface area is 167 Å². The van der Waals surface area contributed by atoms with Gasteiger partial charge >= 0.3 is 5.97 Å². The van der Waals surface area contributed by atoms with Gasteiger partial charge in [0.1, 0.15) is 6.04 Å². The molecule has 3 heterocycles. The second-order valence-electron chi connectivity index (χ2n) is 8.63. The lowest BCUT2D eigenvalue weighted by molar-refractivity contribution is -0.491. The van der Waals surface area contributed by atoms with Gasteiger partial charge in [-0.25, -0.2) is 4.79 Å². The first-order chi connectivity index (χ1) is 13.9. The number of nitro groups is 1. The number of amides is 1. The van der Waals surface area contributed by atoms with Crippen LogP contribution < -0.4 is 0 Å². The first-order valence-corrected chi connectivity index (χ1v) is 10.00. The molecule has 3 aliphatic rings. The highest BCUT2D eigenvalue weighted by Crippen LogP contribution is 2.62. The lowest BCUT2D eigenvalue weighted by Crippen LogP contribution is -2.58. The molecule has 1 saturated carbocycles. The molecule has 1 aromatic carbocycles. The standard InChI is InChI=1S/C21H23N3O5/c1-11-9-21-15(14(11)10-23(27)28)8-18(25)24(21)17(20(26)29-2)7-13-12-5-3-4-6-16(12)22-19(13)21/h3-6,11,14-15,17,22H,7-10H2,1-2H3/t11-,14+,15-,17-,21+/m0/s1. The van der Waals surface area contributed by atoms with E-state index in [0.717, 1.165) is 22.2 Å². The van der Waals surface area contributed by atoms with Gasteiger partial charge in [-0.05, 0) is 24.0 Å². The molecule has 1 saturated heterocycles. The molecular weight excluding hydrogens is 374 g/mol. The van der Waals surface area contributed by atoms with Gasteiger partial charge < -0.3 is 14.6 Å². The fraction of sp³-hybridized carbons (Fsp3) is 0.524. The highest BCUT2D eigenvalue weighted by Gasteiger charge is 2.68. The van der Waals surface area contributed by atoms with E-state index in [4.69, 9.17) is 4.74 Å². The van der Waals surface area contributed by atoms with Crippen LogP contribution in [0.15, 0.2) is 24.3 Å². The van der Waals surface area contributed by atoms with Crippen molar-refractivity contribution in [3.63, 3.8) is 0 Å². The highest BCUT2D eigenvalue weighted by molar-refractivity contribution is 5.92. The molecule has 29 heavy (non-hydrogen) atoms. The van der Waals surface area contributed by atoms with Gasteiger partial charge in [0, 0.05) is 46.2 Å². The molecule has 2 aliphatic heterocycles. The van der Waals surface area contributed by atoms with Gasteiger partial charge in [-0.1, -0.05) is 25.1 Å². The minimum absolute atomic E-state index is 0.0664. The maximum atomic E-state index is 13.1. The van der Waals surface area contributed by atoms with Crippen molar-refractivity contribution in [1.82, 2.24) is 9.88 Å². The van der Waals surface area contributed by atoms with Crippen LogP contribution in [0.25, 0.3) is 10.9 Å². The Bertz CT molecular complexity index is 1050. The third kappa shape index (κ3) is 2.25. The molecule has 8 nitrogen and oxygen atoms in total. The van der Waals surface area contributed by atoms with Gasteiger partial charge in [0.25, 0.3) is 0 Å². The van der Waals surface area contributed by atoms with Crippen LogP contribution in [0.4, 0.5) is 0 Å². The summed E-state index contributed by atoms with van der Waals surface area (Å²) >= 11 is 0. The van der Waals surface area contributed by atoms with E-state index in [1.54, 1.807) is 4.90 Å². The number of benzene rings is 1. The van der Waals surface area contributed by atoms with Crippen molar-refractivity contribution in [2.75, 3.05) is 13.7 Å². The average molecular weight is 397 g/mol. The van der Waals surface area contributed by atoms with Crippen LogP contribution in [-0.4, -0.2) is 46.4 Å². The molecule has 1 N–H and O–H groups in total. The summed E-state index contributed by atoms with van der Waals surface area (Å²) in [6, 6.07) is 7.20. The zero-order chi connectivity index (χ0) is 20.5. The number of methoxy groups -OCH3 is 1. The van der Waals surface area contributed by atoms with Crippen molar-refractivity contribution in [3.8, 4) is 0 Å². The third-order valence-electron chi connectivity index (χ3n) is 7.38. The van der Waals surface area contributed by atoms with Gasteiger partial charge in [0.2, 0.25) is 12.5 Å². The number of ether oxygens (including phenoxy) is 1. The monoisotopic (exact) mass is 397 g/mol. The van der Waals surface area contributed by atoms with Crippen molar-refractivity contribution < 1.29 is 19.2 Å². The van der Waals surface area contributed by atoms with Crippen molar-refractivity contribution in [1.29, 1.82) is 0 Å². The maximum Gasteiger partial charge on any atom is 0.328 e. The second-order valence-corrected chi connectivity index (χ2v) is 8.63. The molecule has 1 aromatic heterocycles. The van der Waals surface area contributed by atoms with E-state index in [1.165, 1.54) is 7.11 Å². The number of esters is 1. The SMILES string of the molecule is COC(=O)[C@@H]1Cc2c([nH]c3ccccc23)[C@@]23C[C@H](C)[C@@H](C[N+](=O)[O-])[C@@H]2CC(=O)N13. The molecule has 8 heteroatoms. The quantitative estimate of drug-likeness (QED) is 0.486. The summed E-state index contributed by atoms with van der Waals surface area (Å²) in [5, 5.41) is 12.4. The van der Waals surface area contributed by atoms with Crippen molar-refractivity contribution in [2.24, 2.45) is 17.8 Å². The van der Waals surface area contributed by atoms with E-state index < -0.39 is 17.6 Å². The third-order valence-corrected chi connectivity index (χ3v) is 7.38. The summed E-state index contributed by atoms with van der Waals surface area (Å²) in [4.78, 5) is 42.2. The summed E-state index contributed by atoms with van der Waals surface area (Å²) in [5.41, 5.74) is 2.22. The van der Waals surface area contributed by atoms with Gasteiger partial charge in [-0.15, -0.1) is 0 Å². The summed E-state index contributed by atoms with van der Waals surface area (Å²) in [6.45, 7) is 1.86. The van der Waals surface area contributed by atoms with Crippen LogP contribution in [0.2, 0.25) is 0 Å². The van der Waals surface area contributed by atoms with Crippen LogP contribution >= 0.6 is 0 Å². The minimum atomic E-state index is -0.720. The summed E-state index contributed by atoms with van der Waals surface area (Å²) in [5.74, 6) is -0.893. The molecule has 2 fully saturated rings. The Morgan fingerprint density at radius 1 is 1.38 bits per heavy atom. The normalized spacial score (nSPS) is 32.8. The highest BCUT2D eigenvalue weighted by atomic mass is 16.6. The predicted octanol–water partition coefficient (Wildman–Crippen LogP) is 2.24. The van der Waals surface area contributed by atoms with Crippen LogP contribution in [0.3, 0.4) is 0 Å². The molecule has 0 radical (unpaired) electrons. The number of carbonyl (C=O) groups is 2. The van der Waals surface area contributed by atoms with Gasteiger partial charge in [0.15, 0.2) is 0 Å². The number of nitrogens with one attached hydrogen (secondary N) is 1. The van der Waals surface area contributed by atoms with Gasteiger partial charge in [-0.2, -0.15) is 0 Å². The smallest absolute Gasteiger partial charge is 0.328 e. The van der Waals surface area contributed by atoms with E-state index >= 15 is 0 Å². The summed E-state index contributed by atoms with van der Waals surface area (Å²) in [6.07, 6.45) is 1.22. The predicted molar refractivity (Wildman–Crippen MR) is 104 cm³/mol. The number of hydrogen-bond donors (Lipinski definition) is 1. The average Bonchev–Trinajstić information content (AvgIpc) is 3.28. The molecule has 1 amide bonds. The van der Waals surface area contributed by atoms with Gasteiger partial charge in [0.05, 0.1) is 12.6 Å². The Morgan fingerprint density at radius 3 is 2.86 bits per heavy atom. The Kier molecular flexibility index (Phi) is 3.78. The number of H-pyrrole nitrogens is 1. The Hall–Kier alpha value is -2.90. The van der Waals surface area contributed by atoms with Crippen LogP contribution in [0.1, 0.15) is 31.0 Å². The zero-order valence-corrected chi connectivity index (χ0v) is 16.4. The topological polar surface area (TPSA) is 106 Å². The van der Waals surface area contributed by atoms with E-state index in [1.807, 2.05) is 31.2 Å². The minimum Gasteiger partial charge on any atom is -0.467 e. The first kappa shape index (κ1) is 18.1. The molecule has 5 rings (SSSR count). The number of nitrogens with zero attached hydrogens (tertiary/aromatic N) is 2. The molecule has 1 aliphatic carbocycles. The Balaban J connectivity index is 1.76. The molecular formula is C21H23N3O5. The molecule has 0 bridgehead atoms. The lowest BCUT2D eigenvalue weighted by atomic mass is 9.76. The summed E-state index contributed by atoms with van der Waals surface area (Å²) in [7, 11) is 1.34. The number of hydrogen-bond acceptors (Lipinski definition) is 5. The number of rotatable bonds is 3. The van der Waals surface area contributed by atoms with Crippen LogP contribution in [0, 0.1) is 27.9 Å². The van der Waals surface area contributed by atoms with Crippen molar-refractivity contribution >= 4 is 22.8 Å². The van der Waals surface area contributed by atoms with E-state index in [0.29, 0.717) is 12.8 Å². The number of carbonyl (C=O) groups excluding carboxylic acids is 2. The first-order valence-electron chi connectivity index (χ1n) is 10.00. The second kappa shape index (κ2) is 6.05. The van der Waals surface area contributed by atoms with Crippen molar-refractivity contribution in [3.05, 3.63) is 45.6 Å². The molecule has 0 unspecified atom stereocenters. The largest absolute Gasteiger partial charge is 0.467 e. The fourth-order valence-electron chi connectivity index (χ4n) is 6.38. The molecule has 5 atom stereocenters. The molecule has 152 valence electrons. The van der Waals surface area contributed by atoms with Crippen LogP contribution in [-0.2, 0) is 26.3 Å². The summed E-state index contributed by atoms with van der Waals surface area (Å²) < 4.78 is 5.06. The van der Waals surface area contributed by atoms with Gasteiger partial charge in [-0.3, -0.25) is 14.9 Å². The zero-order valence-electron chi connectivity index (χ0n) is 16.4. The lowest BCUT2D eigenvalue weighted by Gasteiger charge is -2.46. The van der Waals surface area contributed by atoms with E-state index in [9.17, 15) is 19.7 Å². The van der Waals surface area contributed by atoms with Crippen LogP contribution in [0.5, 0.6) is 0 Å². The van der Waals surface area contributed by atoms with Crippen molar-refractivity contribution in [2.45, 2.75) is 37.8 Å². The molecule has 1 spiro atoms. The number of fused-ring (bicyclic) bond motifs is 3.